The van der Waals surface area contributed by atoms with Crippen molar-refractivity contribution in [1.29, 1.82) is 0 Å². The highest BCUT2D eigenvalue weighted by Crippen LogP contribution is 2.14. The fourth-order valence-electron chi connectivity index (χ4n) is 1.42. The molecule has 1 aromatic rings. The van der Waals surface area contributed by atoms with Crippen LogP contribution in [-0.4, -0.2) is 42.6 Å². The number of rotatable bonds is 1. The third kappa shape index (κ3) is 1.61. The van der Waals surface area contributed by atoms with Crippen LogP contribution < -0.4 is 5.14 Å². The van der Waals surface area contributed by atoms with Crippen molar-refractivity contribution < 1.29 is 13.2 Å². The van der Waals surface area contributed by atoms with Crippen LogP contribution in [0, 0.1) is 0 Å². The van der Waals surface area contributed by atoms with Crippen molar-refractivity contribution in [3.8, 4) is 0 Å². The van der Waals surface area contributed by atoms with Gasteiger partial charge in [0.2, 0.25) is 0 Å². The minimum absolute atomic E-state index is 0.247. The highest BCUT2D eigenvalue weighted by atomic mass is 32.2. The number of aromatic nitrogens is 2. The zero-order valence-corrected chi connectivity index (χ0v) is 8.86. The Labute approximate surface area is 86.5 Å². The average molecular weight is 230 g/mol. The molecule has 7 nitrogen and oxygen atoms in total. The van der Waals surface area contributed by atoms with E-state index in [1.54, 1.807) is 7.05 Å². The Morgan fingerprint density at radius 2 is 2.13 bits per heavy atom. The zero-order chi connectivity index (χ0) is 11.2. The highest BCUT2D eigenvalue weighted by Gasteiger charge is 2.26. The molecule has 0 saturated carbocycles. The predicted octanol–water partition coefficient (Wildman–Crippen LogP) is -1.38. The van der Waals surface area contributed by atoms with Crippen molar-refractivity contribution in [1.82, 2.24) is 14.7 Å². The molecular formula is C7H10N4O3S. The number of likely N-dealkylation sites (N-methyl/N-ethyl adjacent to an activating group) is 1. The molecule has 1 aliphatic rings. The first-order valence-corrected chi connectivity index (χ1v) is 5.80. The summed E-state index contributed by atoms with van der Waals surface area (Å²) in [7, 11) is -2.19. The minimum atomic E-state index is -3.84. The van der Waals surface area contributed by atoms with E-state index in [-0.39, 0.29) is 16.6 Å². The van der Waals surface area contributed by atoms with Crippen LogP contribution in [0.2, 0.25) is 0 Å². The van der Waals surface area contributed by atoms with Crippen molar-refractivity contribution in [2.75, 3.05) is 13.6 Å². The number of sulfonamides is 1. The maximum absolute atomic E-state index is 11.6. The molecule has 0 radical (unpaired) electrons. The van der Waals surface area contributed by atoms with Gasteiger partial charge in [0.25, 0.3) is 15.9 Å². The number of nitrogens with two attached hydrogens (primary N) is 1. The Morgan fingerprint density at radius 3 is 2.73 bits per heavy atom. The lowest BCUT2D eigenvalue weighted by atomic mass is 10.3. The van der Waals surface area contributed by atoms with E-state index >= 15 is 0 Å². The van der Waals surface area contributed by atoms with Crippen molar-refractivity contribution in [2.45, 2.75) is 11.6 Å². The van der Waals surface area contributed by atoms with Crippen molar-refractivity contribution in [2.24, 2.45) is 5.14 Å². The van der Waals surface area contributed by atoms with E-state index in [1.165, 1.54) is 15.6 Å². The third-order valence-corrected chi connectivity index (χ3v) is 3.04. The lowest BCUT2D eigenvalue weighted by molar-refractivity contribution is 0.0742. The standard InChI is InChI=1S/C7H10N4O3S/c1-10-2-3-11-5(7(10)12)4-6(9-11)15(8,13)14/h4H,2-3H2,1H3,(H2,8,13,14). The number of carbonyl (C=O) groups is 1. The molecule has 0 atom stereocenters. The molecular weight excluding hydrogens is 220 g/mol. The van der Waals surface area contributed by atoms with Crippen LogP contribution in [0.5, 0.6) is 0 Å². The molecule has 0 unspecified atom stereocenters. The number of fused-ring (bicyclic) bond motifs is 1. The largest absolute Gasteiger partial charge is 0.339 e. The van der Waals surface area contributed by atoms with Gasteiger partial charge >= 0.3 is 0 Å². The van der Waals surface area contributed by atoms with Crippen LogP contribution >= 0.6 is 0 Å². The second-order valence-corrected chi connectivity index (χ2v) is 4.87. The maximum atomic E-state index is 11.6. The van der Waals surface area contributed by atoms with E-state index in [9.17, 15) is 13.2 Å². The Bertz CT molecular complexity index is 518. The van der Waals surface area contributed by atoms with Gasteiger partial charge in [-0.05, 0) is 0 Å². The smallest absolute Gasteiger partial charge is 0.271 e. The molecule has 2 heterocycles. The fourth-order valence-corrected chi connectivity index (χ4v) is 1.90. The Morgan fingerprint density at radius 1 is 1.47 bits per heavy atom. The van der Waals surface area contributed by atoms with Crippen LogP contribution in [0.3, 0.4) is 0 Å². The van der Waals surface area contributed by atoms with Crippen LogP contribution in [0.4, 0.5) is 0 Å². The van der Waals surface area contributed by atoms with Crippen LogP contribution in [-0.2, 0) is 16.6 Å². The average Bonchev–Trinajstić information content (AvgIpc) is 2.55. The first-order chi connectivity index (χ1) is 6.89. The van der Waals surface area contributed by atoms with Gasteiger partial charge in [-0.25, -0.2) is 13.6 Å². The minimum Gasteiger partial charge on any atom is -0.339 e. The zero-order valence-electron chi connectivity index (χ0n) is 8.04. The van der Waals surface area contributed by atoms with Crippen molar-refractivity contribution >= 4 is 15.9 Å². The number of hydrogen-bond acceptors (Lipinski definition) is 4. The van der Waals surface area contributed by atoms with Gasteiger partial charge in [-0.3, -0.25) is 9.48 Å². The summed E-state index contributed by atoms with van der Waals surface area (Å²) in [6, 6.07) is 1.20. The molecule has 2 N–H and O–H groups in total. The molecule has 0 aliphatic carbocycles. The van der Waals surface area contributed by atoms with Gasteiger partial charge in [0.05, 0.1) is 6.54 Å². The monoisotopic (exact) mass is 230 g/mol. The predicted molar refractivity (Wildman–Crippen MR) is 50.6 cm³/mol. The van der Waals surface area contributed by atoms with Gasteiger partial charge in [0.1, 0.15) is 5.69 Å². The molecule has 82 valence electrons. The molecule has 1 aromatic heterocycles. The first kappa shape index (κ1) is 10.1. The van der Waals surface area contributed by atoms with Crippen LogP contribution in [0.15, 0.2) is 11.1 Å². The Hall–Kier alpha value is -1.41. The number of nitrogens with zero attached hydrogens (tertiary/aromatic N) is 3. The van der Waals surface area contributed by atoms with Gasteiger partial charge in [0.15, 0.2) is 5.03 Å². The van der Waals surface area contributed by atoms with Gasteiger partial charge in [-0.2, -0.15) is 5.10 Å². The van der Waals surface area contributed by atoms with Gasteiger partial charge in [-0.15, -0.1) is 0 Å². The fraction of sp³-hybridized carbons (Fsp3) is 0.429. The summed E-state index contributed by atoms with van der Waals surface area (Å²) in [5.74, 6) is -0.247. The molecule has 1 aliphatic heterocycles. The molecule has 2 rings (SSSR count). The topological polar surface area (TPSA) is 98.3 Å². The van der Waals surface area contributed by atoms with E-state index in [2.05, 4.69) is 5.10 Å². The second-order valence-electron chi connectivity index (χ2n) is 3.36. The van der Waals surface area contributed by atoms with Gasteiger partial charge in [-0.1, -0.05) is 0 Å². The number of amides is 1. The molecule has 15 heavy (non-hydrogen) atoms. The summed E-state index contributed by atoms with van der Waals surface area (Å²) in [6.45, 7) is 0.991. The van der Waals surface area contributed by atoms with Crippen molar-refractivity contribution in [3.05, 3.63) is 11.8 Å². The van der Waals surface area contributed by atoms with E-state index in [0.29, 0.717) is 13.1 Å². The van der Waals surface area contributed by atoms with E-state index in [1.807, 2.05) is 0 Å². The quantitative estimate of drug-likeness (QED) is 0.642. The van der Waals surface area contributed by atoms with E-state index < -0.39 is 10.0 Å². The third-order valence-electron chi connectivity index (χ3n) is 2.26. The van der Waals surface area contributed by atoms with Crippen molar-refractivity contribution in [3.63, 3.8) is 0 Å². The molecule has 0 saturated heterocycles. The first-order valence-electron chi connectivity index (χ1n) is 4.26. The number of carbonyl (C=O) groups excluding carboxylic acids is 1. The second kappa shape index (κ2) is 3.04. The molecule has 8 heteroatoms. The molecule has 0 spiro atoms. The maximum Gasteiger partial charge on any atom is 0.271 e. The summed E-state index contributed by atoms with van der Waals surface area (Å²) < 4.78 is 23.4. The highest BCUT2D eigenvalue weighted by molar-refractivity contribution is 7.89. The van der Waals surface area contributed by atoms with Gasteiger partial charge in [0, 0.05) is 19.7 Å². The molecule has 0 aromatic carbocycles. The summed E-state index contributed by atoms with van der Waals surface area (Å²) in [5.41, 5.74) is 0.257. The normalized spacial score (nSPS) is 16.7. The summed E-state index contributed by atoms with van der Waals surface area (Å²) in [5, 5.41) is 8.42. The SMILES string of the molecule is CN1CCn2nc(S(N)(=O)=O)cc2C1=O. The Balaban J connectivity index is 2.54. The molecule has 1 amide bonds. The van der Waals surface area contributed by atoms with E-state index in [4.69, 9.17) is 5.14 Å². The van der Waals surface area contributed by atoms with Gasteiger partial charge < -0.3 is 4.90 Å². The summed E-state index contributed by atoms with van der Waals surface area (Å²) in [4.78, 5) is 13.1. The van der Waals surface area contributed by atoms with Crippen LogP contribution in [0.25, 0.3) is 0 Å². The summed E-state index contributed by atoms with van der Waals surface area (Å²) >= 11 is 0. The summed E-state index contributed by atoms with van der Waals surface area (Å²) in [6.07, 6.45) is 0. The number of hydrogen-bond donors (Lipinski definition) is 1. The number of primary sulfonamides is 1. The Kier molecular flexibility index (Phi) is 2.05. The van der Waals surface area contributed by atoms with Crippen LogP contribution in [0.1, 0.15) is 10.5 Å². The van der Waals surface area contributed by atoms with E-state index in [0.717, 1.165) is 0 Å². The lowest BCUT2D eigenvalue weighted by Crippen LogP contribution is -2.37. The molecule has 0 bridgehead atoms. The lowest BCUT2D eigenvalue weighted by Gasteiger charge is -2.22. The molecule has 0 fully saturated rings.